The first kappa shape index (κ1) is 14.3. The predicted molar refractivity (Wildman–Crippen MR) is 60.1 cm³/mol. The lowest BCUT2D eigenvalue weighted by Gasteiger charge is -2.12. The SMILES string of the molecule is CC(CO)NC(=O)Nc1ccc(C(F)(F)F)cc1. The molecule has 7 heteroatoms. The van der Waals surface area contributed by atoms with E-state index in [9.17, 15) is 18.0 Å². The Morgan fingerprint density at radius 1 is 1.33 bits per heavy atom. The Bertz CT molecular complexity index is 404. The van der Waals surface area contributed by atoms with Crippen molar-refractivity contribution in [3.63, 3.8) is 0 Å². The van der Waals surface area contributed by atoms with Crippen LogP contribution in [0.2, 0.25) is 0 Å². The molecule has 1 unspecified atom stereocenters. The van der Waals surface area contributed by atoms with E-state index in [1.165, 1.54) is 0 Å². The quantitative estimate of drug-likeness (QED) is 0.782. The number of benzene rings is 1. The standard InChI is InChI=1S/C11H13F3N2O2/c1-7(6-17)15-10(18)16-9-4-2-8(3-5-9)11(12,13)14/h2-5,7,17H,6H2,1H3,(H2,15,16,18). The lowest BCUT2D eigenvalue weighted by atomic mass is 10.2. The fraction of sp³-hybridized carbons (Fsp3) is 0.364. The second-order valence-electron chi connectivity index (χ2n) is 3.76. The number of carbonyl (C=O) groups excluding carboxylic acids is 1. The van der Waals surface area contributed by atoms with Gasteiger partial charge in [0, 0.05) is 5.69 Å². The van der Waals surface area contributed by atoms with E-state index in [1.54, 1.807) is 6.92 Å². The maximum atomic E-state index is 12.3. The maximum Gasteiger partial charge on any atom is 0.416 e. The molecule has 0 heterocycles. The van der Waals surface area contributed by atoms with E-state index in [-0.39, 0.29) is 12.3 Å². The van der Waals surface area contributed by atoms with Gasteiger partial charge in [-0.1, -0.05) is 0 Å². The van der Waals surface area contributed by atoms with E-state index in [0.29, 0.717) is 0 Å². The molecule has 2 amide bonds. The second kappa shape index (κ2) is 5.72. The van der Waals surface area contributed by atoms with Gasteiger partial charge in [0.1, 0.15) is 0 Å². The molecular formula is C11H13F3N2O2. The number of urea groups is 1. The Morgan fingerprint density at radius 2 is 1.89 bits per heavy atom. The van der Waals surface area contributed by atoms with Gasteiger partial charge in [-0.2, -0.15) is 13.2 Å². The molecule has 18 heavy (non-hydrogen) atoms. The van der Waals surface area contributed by atoms with Crippen LogP contribution >= 0.6 is 0 Å². The van der Waals surface area contributed by atoms with E-state index < -0.39 is 23.8 Å². The number of alkyl halides is 3. The third-order valence-corrected chi connectivity index (χ3v) is 2.12. The van der Waals surface area contributed by atoms with Gasteiger partial charge in [-0.05, 0) is 31.2 Å². The molecule has 1 aromatic carbocycles. The average Bonchev–Trinajstić information content (AvgIpc) is 2.28. The summed E-state index contributed by atoms with van der Waals surface area (Å²) in [6.07, 6.45) is -4.40. The summed E-state index contributed by atoms with van der Waals surface area (Å²) >= 11 is 0. The summed E-state index contributed by atoms with van der Waals surface area (Å²) in [5.74, 6) is 0. The van der Waals surface area contributed by atoms with Gasteiger partial charge in [0.15, 0.2) is 0 Å². The number of hydrogen-bond donors (Lipinski definition) is 3. The van der Waals surface area contributed by atoms with Crippen LogP contribution in [0.5, 0.6) is 0 Å². The van der Waals surface area contributed by atoms with Gasteiger partial charge in [0.25, 0.3) is 0 Å². The first-order valence-electron chi connectivity index (χ1n) is 5.18. The fourth-order valence-corrected chi connectivity index (χ4v) is 1.18. The van der Waals surface area contributed by atoms with Crippen LogP contribution in [-0.2, 0) is 6.18 Å². The van der Waals surface area contributed by atoms with Gasteiger partial charge in [0.2, 0.25) is 0 Å². The van der Waals surface area contributed by atoms with E-state index in [2.05, 4.69) is 10.6 Å². The Kier molecular flexibility index (Phi) is 4.55. The molecule has 3 N–H and O–H groups in total. The number of carbonyl (C=O) groups is 1. The predicted octanol–water partition coefficient (Wildman–Crippen LogP) is 2.21. The second-order valence-corrected chi connectivity index (χ2v) is 3.76. The Morgan fingerprint density at radius 3 is 2.33 bits per heavy atom. The van der Waals surface area contributed by atoms with Crippen LogP contribution in [0.15, 0.2) is 24.3 Å². The van der Waals surface area contributed by atoms with Crippen molar-refractivity contribution in [2.24, 2.45) is 0 Å². The molecule has 4 nitrogen and oxygen atoms in total. The molecule has 0 saturated carbocycles. The highest BCUT2D eigenvalue weighted by Gasteiger charge is 2.29. The lowest BCUT2D eigenvalue weighted by molar-refractivity contribution is -0.137. The van der Waals surface area contributed by atoms with Crippen LogP contribution in [-0.4, -0.2) is 23.8 Å². The summed E-state index contributed by atoms with van der Waals surface area (Å²) in [4.78, 5) is 11.3. The molecule has 0 saturated heterocycles. The smallest absolute Gasteiger partial charge is 0.394 e. The summed E-state index contributed by atoms with van der Waals surface area (Å²) in [7, 11) is 0. The number of halogens is 3. The van der Waals surface area contributed by atoms with E-state index >= 15 is 0 Å². The average molecular weight is 262 g/mol. The summed E-state index contributed by atoms with van der Waals surface area (Å²) in [5.41, 5.74) is -0.539. The molecule has 0 aliphatic heterocycles. The molecule has 0 fully saturated rings. The van der Waals surface area contributed by atoms with Crippen LogP contribution < -0.4 is 10.6 Å². The van der Waals surface area contributed by atoms with E-state index in [4.69, 9.17) is 5.11 Å². The zero-order chi connectivity index (χ0) is 13.8. The summed E-state index contributed by atoms with van der Waals surface area (Å²) < 4.78 is 36.8. The summed E-state index contributed by atoms with van der Waals surface area (Å²) in [5, 5.41) is 13.5. The number of aliphatic hydroxyl groups is 1. The first-order chi connectivity index (χ1) is 8.32. The summed E-state index contributed by atoms with van der Waals surface area (Å²) in [6.45, 7) is 1.37. The van der Waals surface area contributed by atoms with Crippen molar-refractivity contribution in [3.05, 3.63) is 29.8 Å². The number of anilines is 1. The Labute approximate surface area is 102 Å². The van der Waals surface area contributed by atoms with Crippen molar-refractivity contribution in [2.45, 2.75) is 19.1 Å². The topological polar surface area (TPSA) is 61.4 Å². The lowest BCUT2D eigenvalue weighted by Crippen LogP contribution is -2.38. The van der Waals surface area contributed by atoms with Crippen molar-refractivity contribution in [1.29, 1.82) is 0 Å². The zero-order valence-corrected chi connectivity index (χ0v) is 9.58. The van der Waals surface area contributed by atoms with Crippen molar-refractivity contribution >= 4 is 11.7 Å². The van der Waals surface area contributed by atoms with Crippen LogP contribution in [0.25, 0.3) is 0 Å². The van der Waals surface area contributed by atoms with Crippen molar-refractivity contribution in [2.75, 3.05) is 11.9 Å². The van der Waals surface area contributed by atoms with E-state index in [0.717, 1.165) is 24.3 Å². The zero-order valence-electron chi connectivity index (χ0n) is 9.58. The van der Waals surface area contributed by atoms with Crippen LogP contribution in [0.3, 0.4) is 0 Å². The highest BCUT2D eigenvalue weighted by molar-refractivity contribution is 5.89. The molecule has 1 atom stereocenters. The van der Waals surface area contributed by atoms with Crippen molar-refractivity contribution < 1.29 is 23.1 Å². The van der Waals surface area contributed by atoms with Gasteiger partial charge >= 0.3 is 12.2 Å². The minimum atomic E-state index is -4.40. The number of nitrogens with one attached hydrogen (secondary N) is 2. The van der Waals surface area contributed by atoms with Gasteiger partial charge in [-0.3, -0.25) is 0 Å². The largest absolute Gasteiger partial charge is 0.416 e. The third-order valence-electron chi connectivity index (χ3n) is 2.12. The monoisotopic (exact) mass is 262 g/mol. The molecule has 0 radical (unpaired) electrons. The highest BCUT2D eigenvalue weighted by Crippen LogP contribution is 2.29. The highest BCUT2D eigenvalue weighted by atomic mass is 19.4. The fourth-order valence-electron chi connectivity index (χ4n) is 1.18. The van der Waals surface area contributed by atoms with Crippen LogP contribution in [0, 0.1) is 0 Å². The molecule has 1 aromatic rings. The molecule has 100 valence electrons. The third kappa shape index (κ3) is 4.25. The molecule has 0 aromatic heterocycles. The van der Waals surface area contributed by atoms with Gasteiger partial charge < -0.3 is 15.7 Å². The Hall–Kier alpha value is -1.76. The molecule has 1 rings (SSSR count). The number of amides is 2. The maximum absolute atomic E-state index is 12.3. The van der Waals surface area contributed by atoms with Crippen molar-refractivity contribution in [3.8, 4) is 0 Å². The number of rotatable bonds is 3. The molecule has 0 bridgehead atoms. The Balaban J connectivity index is 2.61. The minimum absolute atomic E-state index is 0.222. The van der Waals surface area contributed by atoms with Crippen LogP contribution in [0.1, 0.15) is 12.5 Å². The molecular weight excluding hydrogens is 249 g/mol. The minimum Gasteiger partial charge on any atom is -0.394 e. The summed E-state index contributed by atoms with van der Waals surface area (Å²) in [6, 6.07) is 3.06. The van der Waals surface area contributed by atoms with E-state index in [1.807, 2.05) is 0 Å². The van der Waals surface area contributed by atoms with Crippen LogP contribution in [0.4, 0.5) is 23.7 Å². The normalized spacial score (nSPS) is 12.9. The number of aliphatic hydroxyl groups excluding tert-OH is 1. The van der Waals surface area contributed by atoms with Gasteiger partial charge in [-0.15, -0.1) is 0 Å². The number of hydrogen-bond acceptors (Lipinski definition) is 2. The first-order valence-corrected chi connectivity index (χ1v) is 5.18. The van der Waals surface area contributed by atoms with Gasteiger partial charge in [0.05, 0.1) is 18.2 Å². The molecule has 0 aliphatic carbocycles. The molecule has 0 spiro atoms. The van der Waals surface area contributed by atoms with Gasteiger partial charge in [-0.25, -0.2) is 4.79 Å². The van der Waals surface area contributed by atoms with Crippen molar-refractivity contribution in [1.82, 2.24) is 5.32 Å². The molecule has 0 aliphatic rings.